The number of anilines is 1. The van der Waals surface area contributed by atoms with Gasteiger partial charge in [-0.25, -0.2) is 0 Å². The molecule has 0 atom stereocenters. The zero-order chi connectivity index (χ0) is 13.9. The fraction of sp³-hybridized carbons (Fsp3) is 0.133. The summed E-state index contributed by atoms with van der Waals surface area (Å²) in [5.74, 6) is 0.457. The van der Waals surface area contributed by atoms with Crippen LogP contribution < -0.4 is 5.32 Å². The lowest BCUT2D eigenvalue weighted by Crippen LogP contribution is -2.14. The van der Waals surface area contributed by atoms with Crippen LogP contribution in [0.15, 0.2) is 42.7 Å². The number of hydrogen-bond donors (Lipinski definition) is 2. The van der Waals surface area contributed by atoms with Gasteiger partial charge in [-0.3, -0.25) is 14.9 Å². The van der Waals surface area contributed by atoms with Crippen molar-refractivity contribution in [2.75, 3.05) is 5.32 Å². The molecule has 0 aliphatic rings. The zero-order valence-electron chi connectivity index (χ0n) is 11.1. The molecule has 20 heavy (non-hydrogen) atoms. The smallest absolute Gasteiger partial charge is 0.259 e. The van der Waals surface area contributed by atoms with Crippen LogP contribution in [0.2, 0.25) is 0 Å². The monoisotopic (exact) mass is 266 g/mol. The predicted molar refractivity (Wildman–Crippen MR) is 77.7 cm³/mol. The Bertz CT molecular complexity index is 758. The van der Waals surface area contributed by atoms with Crippen molar-refractivity contribution >= 4 is 22.6 Å². The molecule has 3 aromatic rings. The van der Waals surface area contributed by atoms with Crippen molar-refractivity contribution in [2.24, 2.45) is 0 Å². The first-order valence-corrected chi connectivity index (χ1v) is 6.47. The lowest BCUT2D eigenvalue weighted by Gasteiger charge is -2.07. The molecule has 0 unspecified atom stereocenters. The summed E-state index contributed by atoms with van der Waals surface area (Å²) in [5.41, 5.74) is 2.23. The molecule has 2 aromatic heterocycles. The summed E-state index contributed by atoms with van der Waals surface area (Å²) in [5, 5.41) is 10.5. The van der Waals surface area contributed by atoms with Crippen molar-refractivity contribution in [3.05, 3.63) is 53.9 Å². The van der Waals surface area contributed by atoms with E-state index >= 15 is 0 Å². The van der Waals surface area contributed by atoms with E-state index in [0.717, 1.165) is 17.4 Å². The van der Waals surface area contributed by atoms with Crippen molar-refractivity contribution in [3.63, 3.8) is 0 Å². The first kappa shape index (κ1) is 12.3. The number of amides is 1. The van der Waals surface area contributed by atoms with Gasteiger partial charge in [0.25, 0.3) is 5.91 Å². The first-order chi connectivity index (χ1) is 9.79. The van der Waals surface area contributed by atoms with Gasteiger partial charge in [0, 0.05) is 17.1 Å². The number of H-pyrrole nitrogens is 1. The van der Waals surface area contributed by atoms with Crippen LogP contribution in [0.1, 0.15) is 22.8 Å². The van der Waals surface area contributed by atoms with E-state index in [-0.39, 0.29) is 5.91 Å². The second kappa shape index (κ2) is 5.13. The van der Waals surface area contributed by atoms with Gasteiger partial charge in [-0.2, -0.15) is 5.10 Å². The van der Waals surface area contributed by atoms with Crippen molar-refractivity contribution in [1.29, 1.82) is 0 Å². The van der Waals surface area contributed by atoms with Gasteiger partial charge in [0.2, 0.25) is 0 Å². The Morgan fingerprint density at radius 1 is 1.30 bits per heavy atom. The summed E-state index contributed by atoms with van der Waals surface area (Å²) in [6, 6.07) is 9.35. The van der Waals surface area contributed by atoms with E-state index in [4.69, 9.17) is 0 Å². The highest BCUT2D eigenvalue weighted by atomic mass is 16.1. The van der Waals surface area contributed by atoms with Crippen LogP contribution in [0, 0.1) is 0 Å². The first-order valence-electron chi connectivity index (χ1n) is 6.47. The molecule has 0 saturated carbocycles. The topological polar surface area (TPSA) is 70.7 Å². The van der Waals surface area contributed by atoms with Crippen molar-refractivity contribution < 1.29 is 4.79 Å². The van der Waals surface area contributed by atoms with E-state index in [1.165, 1.54) is 0 Å². The average Bonchev–Trinajstić information content (AvgIpc) is 2.93. The fourth-order valence-electron chi connectivity index (χ4n) is 2.16. The minimum Gasteiger partial charge on any atom is -0.307 e. The Morgan fingerprint density at radius 2 is 2.15 bits per heavy atom. The molecule has 5 nitrogen and oxygen atoms in total. The summed E-state index contributed by atoms with van der Waals surface area (Å²) >= 11 is 0. The number of carbonyl (C=O) groups is 1. The Labute approximate surface area is 116 Å². The highest BCUT2D eigenvalue weighted by molar-refractivity contribution is 6.11. The van der Waals surface area contributed by atoms with Crippen molar-refractivity contribution in [3.8, 4) is 0 Å². The molecule has 1 amide bonds. The number of nitrogens with one attached hydrogen (secondary N) is 2. The number of nitrogens with zero attached hydrogens (tertiary/aromatic N) is 2. The number of hydrogen-bond acceptors (Lipinski definition) is 3. The molecule has 5 heteroatoms. The van der Waals surface area contributed by atoms with E-state index in [1.54, 1.807) is 18.5 Å². The number of aryl methyl sites for hydroxylation is 1. The molecule has 2 heterocycles. The fourth-order valence-corrected chi connectivity index (χ4v) is 2.16. The Balaban J connectivity index is 1.97. The largest absolute Gasteiger partial charge is 0.307 e. The second-order valence-corrected chi connectivity index (χ2v) is 4.46. The molecule has 0 saturated heterocycles. The quantitative estimate of drug-likeness (QED) is 0.765. The van der Waals surface area contributed by atoms with Crippen molar-refractivity contribution in [1.82, 2.24) is 15.2 Å². The number of benzene rings is 1. The van der Waals surface area contributed by atoms with Gasteiger partial charge >= 0.3 is 0 Å². The van der Waals surface area contributed by atoms with Crippen molar-refractivity contribution in [2.45, 2.75) is 13.3 Å². The molecule has 2 N–H and O–H groups in total. The molecule has 0 spiro atoms. The van der Waals surface area contributed by atoms with Crippen LogP contribution in [-0.2, 0) is 6.42 Å². The minimum atomic E-state index is -0.187. The molecule has 0 aliphatic heterocycles. The SMILES string of the molecule is CCc1cn[nH]c1NC(=O)c1cccc2cccnc12. The van der Waals surface area contributed by atoms with Gasteiger partial charge in [-0.1, -0.05) is 25.1 Å². The molecule has 0 fully saturated rings. The third kappa shape index (κ3) is 2.14. The lowest BCUT2D eigenvalue weighted by atomic mass is 10.1. The lowest BCUT2D eigenvalue weighted by molar-refractivity contribution is 0.102. The summed E-state index contributed by atoms with van der Waals surface area (Å²) in [7, 11) is 0. The maximum atomic E-state index is 12.4. The van der Waals surface area contributed by atoms with E-state index in [9.17, 15) is 4.79 Å². The normalized spacial score (nSPS) is 10.7. The maximum Gasteiger partial charge on any atom is 0.259 e. The number of carbonyl (C=O) groups excluding carboxylic acids is 1. The van der Waals surface area contributed by atoms with E-state index in [1.807, 2.05) is 31.2 Å². The molecule has 0 radical (unpaired) electrons. The second-order valence-electron chi connectivity index (χ2n) is 4.46. The van der Waals surface area contributed by atoms with E-state index < -0.39 is 0 Å². The standard InChI is InChI=1S/C15H14N4O/c1-2-10-9-17-19-14(10)18-15(20)12-7-3-5-11-6-4-8-16-13(11)12/h3-9H,2H2,1H3,(H2,17,18,19,20). The number of para-hydroxylation sites is 1. The molecule has 100 valence electrons. The Kier molecular flexibility index (Phi) is 3.16. The molecular weight excluding hydrogens is 252 g/mol. The number of fused-ring (bicyclic) bond motifs is 1. The summed E-state index contributed by atoms with van der Waals surface area (Å²) in [4.78, 5) is 16.7. The zero-order valence-corrected chi connectivity index (χ0v) is 11.1. The van der Waals surface area contributed by atoms with Gasteiger partial charge < -0.3 is 5.32 Å². The number of pyridine rings is 1. The van der Waals surface area contributed by atoms with E-state index in [2.05, 4.69) is 20.5 Å². The third-order valence-electron chi connectivity index (χ3n) is 3.21. The molecule has 1 aromatic carbocycles. The van der Waals surface area contributed by atoms with Gasteiger partial charge in [0.15, 0.2) is 0 Å². The van der Waals surface area contributed by atoms with Crippen LogP contribution >= 0.6 is 0 Å². The average molecular weight is 266 g/mol. The summed E-state index contributed by atoms with van der Waals surface area (Å²) < 4.78 is 0. The molecule has 3 rings (SSSR count). The van der Waals surface area contributed by atoms with Crippen LogP contribution in [0.5, 0.6) is 0 Å². The number of aromatic nitrogens is 3. The minimum absolute atomic E-state index is 0.187. The van der Waals surface area contributed by atoms with Crippen LogP contribution in [0.3, 0.4) is 0 Å². The van der Waals surface area contributed by atoms with Gasteiger partial charge in [-0.15, -0.1) is 0 Å². The van der Waals surface area contributed by atoms with Gasteiger partial charge in [0.1, 0.15) is 5.82 Å². The Hall–Kier alpha value is -2.69. The highest BCUT2D eigenvalue weighted by Crippen LogP contribution is 2.18. The third-order valence-corrected chi connectivity index (χ3v) is 3.21. The highest BCUT2D eigenvalue weighted by Gasteiger charge is 2.13. The molecule has 0 aliphatic carbocycles. The van der Waals surface area contributed by atoms with Crippen LogP contribution in [-0.4, -0.2) is 21.1 Å². The maximum absolute atomic E-state index is 12.4. The predicted octanol–water partition coefficient (Wildman–Crippen LogP) is 2.77. The van der Waals surface area contributed by atoms with Gasteiger partial charge in [0.05, 0.1) is 17.3 Å². The number of rotatable bonds is 3. The summed E-state index contributed by atoms with van der Waals surface area (Å²) in [6.07, 6.45) is 4.21. The molecule has 0 bridgehead atoms. The Morgan fingerprint density at radius 3 is 3.00 bits per heavy atom. The summed E-state index contributed by atoms with van der Waals surface area (Å²) in [6.45, 7) is 2.01. The van der Waals surface area contributed by atoms with Gasteiger partial charge in [-0.05, 0) is 18.6 Å². The van der Waals surface area contributed by atoms with E-state index in [0.29, 0.717) is 16.9 Å². The van der Waals surface area contributed by atoms with Crippen LogP contribution in [0.25, 0.3) is 10.9 Å². The molecular formula is C15H14N4O. The van der Waals surface area contributed by atoms with Crippen LogP contribution in [0.4, 0.5) is 5.82 Å². The number of aromatic amines is 1.